The lowest BCUT2D eigenvalue weighted by Crippen LogP contribution is -2.35. The highest BCUT2D eigenvalue weighted by atomic mass is 35.5. The molecule has 0 heterocycles. The fourth-order valence-electron chi connectivity index (χ4n) is 2.62. The second-order valence-electron chi connectivity index (χ2n) is 6.53. The number of nitrogens with zero attached hydrogens (tertiary/aromatic N) is 1. The third-order valence-corrected chi connectivity index (χ3v) is 5.28. The molecule has 1 aliphatic carbocycles. The van der Waals surface area contributed by atoms with Crippen molar-refractivity contribution in [2.75, 3.05) is 29.6 Å². The van der Waals surface area contributed by atoms with Crippen molar-refractivity contribution in [3.63, 3.8) is 0 Å². The summed E-state index contributed by atoms with van der Waals surface area (Å²) >= 11 is 12.1. The summed E-state index contributed by atoms with van der Waals surface area (Å²) in [6.45, 7) is 0. The highest BCUT2D eigenvalue weighted by molar-refractivity contribution is 6.44. The van der Waals surface area contributed by atoms with Gasteiger partial charge in [-0.2, -0.15) is 0 Å². The van der Waals surface area contributed by atoms with E-state index < -0.39 is 5.41 Å². The van der Waals surface area contributed by atoms with Crippen LogP contribution < -0.4 is 15.5 Å². The van der Waals surface area contributed by atoms with Gasteiger partial charge in [0.15, 0.2) is 0 Å². The van der Waals surface area contributed by atoms with Crippen molar-refractivity contribution in [1.29, 1.82) is 0 Å². The summed E-state index contributed by atoms with van der Waals surface area (Å²) in [5, 5.41) is 6.16. The monoisotopic (exact) mass is 391 g/mol. The third kappa shape index (κ3) is 3.64. The van der Waals surface area contributed by atoms with Gasteiger partial charge in [-0.15, -0.1) is 0 Å². The van der Waals surface area contributed by atoms with Crippen LogP contribution in [0.5, 0.6) is 0 Å². The van der Waals surface area contributed by atoms with Crippen molar-refractivity contribution in [2.45, 2.75) is 12.8 Å². The van der Waals surface area contributed by atoms with Crippen LogP contribution in [0.15, 0.2) is 42.5 Å². The zero-order valence-electron chi connectivity index (χ0n) is 14.5. The number of halogens is 2. The largest absolute Gasteiger partial charge is 0.378 e. The predicted molar refractivity (Wildman–Crippen MR) is 106 cm³/mol. The van der Waals surface area contributed by atoms with Gasteiger partial charge in [0.2, 0.25) is 11.8 Å². The maximum Gasteiger partial charge on any atom is 0.240 e. The molecular formula is C19H19Cl2N3O2. The predicted octanol–water partition coefficient (Wildman–Crippen LogP) is 4.42. The average Bonchev–Trinajstić information content (AvgIpc) is 3.41. The van der Waals surface area contributed by atoms with E-state index in [2.05, 4.69) is 10.6 Å². The van der Waals surface area contributed by atoms with E-state index in [1.54, 1.807) is 18.2 Å². The Bertz CT molecular complexity index is 846. The van der Waals surface area contributed by atoms with Crippen molar-refractivity contribution >= 4 is 52.1 Å². The number of benzene rings is 2. The van der Waals surface area contributed by atoms with Crippen molar-refractivity contribution in [2.24, 2.45) is 5.41 Å². The number of hydrogen-bond acceptors (Lipinski definition) is 3. The molecule has 2 amide bonds. The van der Waals surface area contributed by atoms with Crippen LogP contribution in [0.2, 0.25) is 10.0 Å². The first-order valence-corrected chi connectivity index (χ1v) is 8.93. The van der Waals surface area contributed by atoms with Crippen LogP contribution in [0.25, 0.3) is 0 Å². The van der Waals surface area contributed by atoms with E-state index in [1.807, 2.05) is 43.3 Å². The molecule has 1 saturated carbocycles. The molecule has 0 spiro atoms. The molecule has 0 aromatic heterocycles. The summed E-state index contributed by atoms with van der Waals surface area (Å²) in [4.78, 5) is 27.3. The molecule has 7 heteroatoms. The molecule has 136 valence electrons. The molecule has 2 aromatic carbocycles. The SMILES string of the molecule is CN(C)c1ccc(NC(=O)C2(C(=O)Nc3cccc(Cl)c3Cl)CC2)cc1. The zero-order chi connectivity index (χ0) is 18.9. The van der Waals surface area contributed by atoms with Crippen LogP contribution >= 0.6 is 23.2 Å². The maximum atomic E-state index is 12.7. The Morgan fingerprint density at radius 2 is 1.58 bits per heavy atom. The van der Waals surface area contributed by atoms with Gasteiger partial charge in [-0.05, 0) is 49.2 Å². The second kappa shape index (κ2) is 7.17. The molecule has 0 aliphatic heterocycles. The Kier molecular flexibility index (Phi) is 5.12. The molecule has 26 heavy (non-hydrogen) atoms. The minimum absolute atomic E-state index is 0.262. The number of rotatable bonds is 5. The number of amides is 2. The molecule has 1 fully saturated rings. The van der Waals surface area contributed by atoms with Crippen LogP contribution in [-0.2, 0) is 9.59 Å². The number of anilines is 3. The highest BCUT2D eigenvalue weighted by Gasteiger charge is 2.56. The van der Waals surface area contributed by atoms with E-state index >= 15 is 0 Å². The van der Waals surface area contributed by atoms with Crippen LogP contribution in [0.3, 0.4) is 0 Å². The normalized spacial score (nSPS) is 14.5. The van der Waals surface area contributed by atoms with Gasteiger partial charge in [0.05, 0.1) is 15.7 Å². The van der Waals surface area contributed by atoms with Crippen LogP contribution in [-0.4, -0.2) is 25.9 Å². The summed E-state index contributed by atoms with van der Waals surface area (Å²) in [5.41, 5.74) is 1.02. The van der Waals surface area contributed by atoms with Crippen molar-refractivity contribution in [1.82, 2.24) is 0 Å². The fraction of sp³-hybridized carbons (Fsp3) is 0.263. The Balaban J connectivity index is 1.70. The van der Waals surface area contributed by atoms with Gasteiger partial charge in [0.1, 0.15) is 5.41 Å². The van der Waals surface area contributed by atoms with E-state index in [0.717, 1.165) is 5.69 Å². The third-order valence-electron chi connectivity index (χ3n) is 4.46. The zero-order valence-corrected chi connectivity index (χ0v) is 16.0. The Morgan fingerprint density at radius 3 is 2.15 bits per heavy atom. The van der Waals surface area contributed by atoms with Gasteiger partial charge in [-0.1, -0.05) is 29.3 Å². The molecule has 0 saturated heterocycles. The Morgan fingerprint density at radius 1 is 0.962 bits per heavy atom. The first kappa shape index (κ1) is 18.5. The van der Waals surface area contributed by atoms with Gasteiger partial charge in [-0.25, -0.2) is 0 Å². The van der Waals surface area contributed by atoms with Crippen molar-refractivity contribution in [3.8, 4) is 0 Å². The molecule has 2 aromatic rings. The molecule has 0 bridgehead atoms. The minimum Gasteiger partial charge on any atom is -0.378 e. The van der Waals surface area contributed by atoms with Gasteiger partial charge in [0, 0.05) is 25.5 Å². The topological polar surface area (TPSA) is 61.4 Å². The average molecular weight is 392 g/mol. The molecule has 0 radical (unpaired) electrons. The van der Waals surface area contributed by atoms with E-state index in [-0.39, 0.29) is 16.8 Å². The summed E-state index contributed by atoms with van der Waals surface area (Å²) in [6, 6.07) is 12.4. The molecule has 1 aliphatic rings. The summed E-state index contributed by atoms with van der Waals surface area (Å²) in [7, 11) is 3.89. The van der Waals surface area contributed by atoms with Crippen LogP contribution in [0.4, 0.5) is 17.1 Å². The molecule has 2 N–H and O–H groups in total. The highest BCUT2D eigenvalue weighted by Crippen LogP contribution is 2.48. The van der Waals surface area contributed by atoms with Gasteiger partial charge >= 0.3 is 0 Å². The second-order valence-corrected chi connectivity index (χ2v) is 7.32. The lowest BCUT2D eigenvalue weighted by Gasteiger charge is -2.17. The molecule has 0 atom stereocenters. The quantitative estimate of drug-likeness (QED) is 0.741. The number of carbonyl (C=O) groups is 2. The van der Waals surface area contributed by atoms with Gasteiger partial charge in [0.25, 0.3) is 0 Å². The first-order valence-electron chi connectivity index (χ1n) is 8.18. The van der Waals surface area contributed by atoms with E-state index in [0.29, 0.717) is 29.2 Å². The molecule has 0 unspecified atom stereocenters. The van der Waals surface area contributed by atoms with Crippen LogP contribution in [0.1, 0.15) is 12.8 Å². The Labute approximate surface area is 162 Å². The summed E-state index contributed by atoms with van der Waals surface area (Å²) < 4.78 is 0. The molecule has 3 rings (SSSR count). The lowest BCUT2D eigenvalue weighted by atomic mass is 10.0. The van der Waals surface area contributed by atoms with Crippen molar-refractivity contribution < 1.29 is 9.59 Å². The smallest absolute Gasteiger partial charge is 0.240 e. The van der Waals surface area contributed by atoms with Crippen LogP contribution in [0, 0.1) is 5.41 Å². The fourth-order valence-corrected chi connectivity index (χ4v) is 2.97. The first-order chi connectivity index (χ1) is 12.3. The van der Waals surface area contributed by atoms with Gasteiger partial charge in [-0.3, -0.25) is 9.59 Å². The summed E-state index contributed by atoms with van der Waals surface area (Å²) in [6.07, 6.45) is 0.997. The van der Waals surface area contributed by atoms with E-state index in [9.17, 15) is 9.59 Å². The van der Waals surface area contributed by atoms with Crippen molar-refractivity contribution in [3.05, 3.63) is 52.5 Å². The standard InChI is InChI=1S/C19H19Cl2N3O2/c1-24(2)13-8-6-12(7-9-13)22-17(25)19(10-11-19)18(26)23-15-5-3-4-14(20)16(15)21/h3-9H,10-11H2,1-2H3,(H,22,25)(H,23,26). The number of hydrogen-bond donors (Lipinski definition) is 2. The molecular weight excluding hydrogens is 373 g/mol. The number of nitrogens with one attached hydrogen (secondary N) is 2. The van der Waals surface area contributed by atoms with E-state index in [4.69, 9.17) is 23.2 Å². The number of carbonyl (C=O) groups excluding carboxylic acids is 2. The summed E-state index contributed by atoms with van der Waals surface area (Å²) in [5.74, 6) is -0.685. The lowest BCUT2D eigenvalue weighted by molar-refractivity contribution is -0.131. The molecule has 5 nitrogen and oxygen atoms in total. The van der Waals surface area contributed by atoms with Gasteiger partial charge < -0.3 is 15.5 Å². The van der Waals surface area contributed by atoms with E-state index in [1.165, 1.54) is 0 Å². The minimum atomic E-state index is -1.06. The Hall–Kier alpha value is -2.24. The maximum absolute atomic E-state index is 12.7.